The molecule has 1 aromatic carbocycles. The largest absolute Gasteiger partial charge is 0.355 e. The fourth-order valence-electron chi connectivity index (χ4n) is 3.55. The third kappa shape index (κ3) is 4.36. The van der Waals surface area contributed by atoms with E-state index in [1.54, 1.807) is 0 Å². The molecule has 142 valence electrons. The topological polar surface area (TPSA) is 81.9 Å². The van der Waals surface area contributed by atoms with Crippen LogP contribution in [0.25, 0.3) is 11.0 Å². The lowest BCUT2D eigenvalue weighted by molar-refractivity contribution is -0.121. The van der Waals surface area contributed by atoms with Crippen LogP contribution < -0.4 is 10.2 Å². The molecule has 2 heterocycles. The van der Waals surface area contributed by atoms with Crippen molar-refractivity contribution in [2.24, 2.45) is 5.92 Å². The number of unbranched alkanes of at least 4 members (excludes halogenated alkanes) is 1. The van der Waals surface area contributed by atoms with E-state index in [1.807, 2.05) is 24.3 Å². The van der Waals surface area contributed by atoms with Crippen molar-refractivity contribution in [3.05, 3.63) is 30.0 Å². The summed E-state index contributed by atoms with van der Waals surface area (Å²) in [5.41, 5.74) is 1.97. The molecule has 1 amide bonds. The van der Waals surface area contributed by atoms with E-state index in [4.69, 9.17) is 9.97 Å². The van der Waals surface area contributed by atoms with Crippen LogP contribution in [0.2, 0.25) is 0 Å². The van der Waals surface area contributed by atoms with Crippen LogP contribution in [0.3, 0.4) is 0 Å². The molecule has 3 rings (SSSR count). The monoisotopic (exact) mass is 365 g/mol. The number of rotatable bonds is 6. The van der Waals surface area contributed by atoms with Crippen molar-refractivity contribution < 1.29 is 4.79 Å². The fourth-order valence-corrected chi connectivity index (χ4v) is 3.55. The second kappa shape index (κ2) is 8.81. The lowest BCUT2D eigenvalue weighted by Crippen LogP contribution is -2.37. The number of amides is 1. The van der Waals surface area contributed by atoms with Gasteiger partial charge in [0.2, 0.25) is 5.91 Å². The second-order valence-electron chi connectivity index (χ2n) is 7.32. The second-order valence-corrected chi connectivity index (χ2v) is 7.32. The Morgan fingerprint density at radius 2 is 2.11 bits per heavy atom. The number of nitrogens with zero attached hydrogens (tertiary/aromatic N) is 4. The highest BCUT2D eigenvalue weighted by Crippen LogP contribution is 2.30. The maximum absolute atomic E-state index is 12.7. The molecule has 1 saturated heterocycles. The van der Waals surface area contributed by atoms with Gasteiger partial charge in [0.05, 0.1) is 17.1 Å². The Morgan fingerprint density at radius 3 is 2.78 bits per heavy atom. The fraction of sp³-hybridized carbons (Fsp3) is 0.524. The summed E-state index contributed by atoms with van der Waals surface area (Å²) in [6.45, 7) is 6.61. The van der Waals surface area contributed by atoms with E-state index in [0.717, 1.165) is 37.9 Å². The number of nitriles is 1. The molecule has 6 heteroatoms. The number of carbonyl (C=O) groups excluding carboxylic acids is 1. The van der Waals surface area contributed by atoms with Crippen LogP contribution >= 0.6 is 0 Å². The van der Waals surface area contributed by atoms with Crippen LogP contribution in [0, 0.1) is 17.2 Å². The summed E-state index contributed by atoms with van der Waals surface area (Å²) in [5.74, 6) is -0.00994. The summed E-state index contributed by atoms with van der Waals surface area (Å²) in [6, 6.07) is 9.78. The number of hydrogen-bond donors (Lipinski definition) is 1. The Kier molecular flexibility index (Phi) is 6.23. The summed E-state index contributed by atoms with van der Waals surface area (Å²) in [6.07, 6.45) is 4.15. The lowest BCUT2D eigenvalue weighted by Gasteiger charge is -2.33. The maximum Gasteiger partial charge on any atom is 0.243 e. The number of fused-ring (bicyclic) bond motifs is 1. The van der Waals surface area contributed by atoms with Gasteiger partial charge in [0.25, 0.3) is 0 Å². The van der Waals surface area contributed by atoms with Crippen molar-refractivity contribution in [1.82, 2.24) is 15.3 Å². The van der Waals surface area contributed by atoms with Crippen molar-refractivity contribution >= 4 is 22.8 Å². The van der Waals surface area contributed by atoms with Crippen molar-refractivity contribution in [2.45, 2.75) is 45.4 Å². The first-order valence-electron chi connectivity index (χ1n) is 9.83. The zero-order valence-corrected chi connectivity index (χ0v) is 16.1. The minimum atomic E-state index is -0.953. The standard InChI is InChI=1S/C21H27N5O/c1-3-4-11-23-21(27)16(13-22)19-20(26-12-7-8-15(2)14-26)25-18-10-6-5-9-17(18)24-19/h5-6,9-10,15-16H,3-4,7-8,11-12,14H2,1-2H3,(H,23,27)/t15-,16+/m0/s1. The highest BCUT2D eigenvalue weighted by Gasteiger charge is 2.30. The molecule has 0 radical (unpaired) electrons. The normalized spacial score (nSPS) is 18.1. The number of anilines is 1. The van der Waals surface area contributed by atoms with Gasteiger partial charge in [0.1, 0.15) is 5.69 Å². The van der Waals surface area contributed by atoms with E-state index in [2.05, 4.69) is 30.1 Å². The molecular weight excluding hydrogens is 338 g/mol. The Balaban J connectivity index is 2.01. The van der Waals surface area contributed by atoms with Gasteiger partial charge in [0.15, 0.2) is 11.7 Å². The lowest BCUT2D eigenvalue weighted by atomic mass is 9.98. The number of piperidine rings is 1. The summed E-state index contributed by atoms with van der Waals surface area (Å²) in [4.78, 5) is 24.4. The molecule has 2 aromatic rings. The first-order chi connectivity index (χ1) is 13.1. The quantitative estimate of drug-likeness (QED) is 0.794. The molecule has 27 heavy (non-hydrogen) atoms. The van der Waals surface area contributed by atoms with E-state index in [0.29, 0.717) is 29.5 Å². The van der Waals surface area contributed by atoms with Crippen LogP contribution in [0.5, 0.6) is 0 Å². The Bertz CT molecular complexity index is 844. The van der Waals surface area contributed by atoms with E-state index >= 15 is 0 Å². The average Bonchev–Trinajstić information content (AvgIpc) is 2.68. The summed E-state index contributed by atoms with van der Waals surface area (Å²) in [5, 5.41) is 12.6. The van der Waals surface area contributed by atoms with Gasteiger partial charge in [0, 0.05) is 19.6 Å². The van der Waals surface area contributed by atoms with Crippen molar-refractivity contribution in [3.63, 3.8) is 0 Å². The molecule has 0 aliphatic carbocycles. The third-order valence-corrected chi connectivity index (χ3v) is 5.03. The SMILES string of the molecule is CCCCNC(=O)[C@H](C#N)c1nc2ccccc2nc1N1CCC[C@H](C)C1. The van der Waals surface area contributed by atoms with Crippen molar-refractivity contribution in [3.8, 4) is 6.07 Å². The van der Waals surface area contributed by atoms with Crippen LogP contribution in [0.4, 0.5) is 5.82 Å². The van der Waals surface area contributed by atoms with Crippen LogP contribution in [0.1, 0.15) is 51.1 Å². The molecule has 1 N–H and O–H groups in total. The van der Waals surface area contributed by atoms with Gasteiger partial charge in [-0.3, -0.25) is 4.79 Å². The number of hydrogen-bond acceptors (Lipinski definition) is 5. The van der Waals surface area contributed by atoms with Gasteiger partial charge < -0.3 is 10.2 Å². The number of nitrogens with one attached hydrogen (secondary N) is 1. The molecule has 0 saturated carbocycles. The predicted octanol–water partition coefficient (Wildman–Crippen LogP) is 3.39. The first-order valence-corrected chi connectivity index (χ1v) is 9.83. The third-order valence-electron chi connectivity index (χ3n) is 5.03. The summed E-state index contributed by atoms with van der Waals surface area (Å²) in [7, 11) is 0. The van der Waals surface area contributed by atoms with E-state index in [9.17, 15) is 10.1 Å². The van der Waals surface area contributed by atoms with Gasteiger partial charge >= 0.3 is 0 Å². The minimum Gasteiger partial charge on any atom is -0.355 e. The van der Waals surface area contributed by atoms with Crippen LogP contribution in [0.15, 0.2) is 24.3 Å². The van der Waals surface area contributed by atoms with Gasteiger partial charge in [-0.1, -0.05) is 32.4 Å². The van der Waals surface area contributed by atoms with Gasteiger partial charge in [-0.15, -0.1) is 0 Å². The number of aromatic nitrogens is 2. The highest BCUT2D eigenvalue weighted by atomic mass is 16.1. The number of benzene rings is 1. The molecule has 1 fully saturated rings. The number of carbonyl (C=O) groups is 1. The molecule has 1 aliphatic rings. The van der Waals surface area contributed by atoms with Gasteiger partial charge in [-0.05, 0) is 37.3 Å². The Hall–Kier alpha value is -2.68. The smallest absolute Gasteiger partial charge is 0.243 e. The predicted molar refractivity (Wildman–Crippen MR) is 106 cm³/mol. The molecule has 0 bridgehead atoms. The van der Waals surface area contributed by atoms with Crippen LogP contribution in [-0.4, -0.2) is 35.5 Å². The van der Waals surface area contributed by atoms with Crippen molar-refractivity contribution in [2.75, 3.05) is 24.5 Å². The molecule has 0 spiro atoms. The van der Waals surface area contributed by atoms with E-state index in [1.165, 1.54) is 6.42 Å². The molecule has 0 unspecified atom stereocenters. The van der Waals surface area contributed by atoms with Gasteiger partial charge in [-0.25, -0.2) is 9.97 Å². The highest BCUT2D eigenvalue weighted by molar-refractivity contribution is 5.88. The zero-order chi connectivity index (χ0) is 19.2. The molecule has 1 aliphatic heterocycles. The minimum absolute atomic E-state index is 0.290. The van der Waals surface area contributed by atoms with Gasteiger partial charge in [-0.2, -0.15) is 5.26 Å². The van der Waals surface area contributed by atoms with E-state index in [-0.39, 0.29) is 5.91 Å². The van der Waals surface area contributed by atoms with E-state index < -0.39 is 5.92 Å². The Morgan fingerprint density at radius 1 is 1.37 bits per heavy atom. The molecule has 1 aromatic heterocycles. The molecule has 2 atom stereocenters. The average molecular weight is 365 g/mol. The molecule has 6 nitrogen and oxygen atoms in total. The Labute approximate surface area is 160 Å². The zero-order valence-electron chi connectivity index (χ0n) is 16.1. The first kappa shape index (κ1) is 19.1. The summed E-state index contributed by atoms with van der Waals surface area (Å²) < 4.78 is 0. The summed E-state index contributed by atoms with van der Waals surface area (Å²) >= 11 is 0. The molecular formula is C21H27N5O. The maximum atomic E-state index is 12.7. The van der Waals surface area contributed by atoms with Crippen molar-refractivity contribution in [1.29, 1.82) is 5.26 Å². The van der Waals surface area contributed by atoms with Crippen LogP contribution in [-0.2, 0) is 4.79 Å². The number of para-hydroxylation sites is 2.